The van der Waals surface area contributed by atoms with Gasteiger partial charge in [0.2, 0.25) is 0 Å². The van der Waals surface area contributed by atoms with Crippen LogP contribution in [0.25, 0.3) is 0 Å². The normalized spacial score (nSPS) is 12.8. The van der Waals surface area contributed by atoms with E-state index in [1.807, 2.05) is 19.2 Å². The van der Waals surface area contributed by atoms with Crippen LogP contribution < -0.4 is 5.32 Å². The fourth-order valence-corrected chi connectivity index (χ4v) is 1.62. The number of benzene rings is 1. The molecule has 0 spiro atoms. The molecule has 1 nitrogen and oxygen atoms in total. The largest absolute Gasteiger partial charge is 0.313 e. The Morgan fingerprint density at radius 2 is 2.07 bits per heavy atom. The lowest BCUT2D eigenvalue weighted by molar-refractivity contribution is 0.492. The summed E-state index contributed by atoms with van der Waals surface area (Å²) < 4.78 is 13.4. The molecule has 1 N–H and O–H groups in total. The van der Waals surface area contributed by atoms with Crippen LogP contribution in [0, 0.1) is 5.82 Å². The highest BCUT2D eigenvalue weighted by atomic mass is 19.1. The van der Waals surface area contributed by atoms with E-state index in [2.05, 4.69) is 12.2 Å². The summed E-state index contributed by atoms with van der Waals surface area (Å²) in [6, 6.07) is 7.13. The average molecular weight is 195 g/mol. The van der Waals surface area contributed by atoms with E-state index in [0.29, 0.717) is 0 Å². The summed E-state index contributed by atoms with van der Waals surface area (Å²) in [5.74, 6) is -0.108. The van der Waals surface area contributed by atoms with E-state index in [-0.39, 0.29) is 11.9 Å². The second-order valence-electron chi connectivity index (χ2n) is 3.51. The zero-order chi connectivity index (χ0) is 10.4. The first kappa shape index (κ1) is 11.2. The van der Waals surface area contributed by atoms with Crippen LogP contribution in [0.4, 0.5) is 4.39 Å². The molecule has 14 heavy (non-hydrogen) atoms. The second kappa shape index (κ2) is 5.76. The molecule has 0 aromatic heterocycles. The maximum Gasteiger partial charge on any atom is 0.127 e. The summed E-state index contributed by atoms with van der Waals surface area (Å²) in [7, 11) is 1.88. The lowest BCUT2D eigenvalue weighted by Crippen LogP contribution is -2.17. The van der Waals surface area contributed by atoms with Gasteiger partial charge in [0.15, 0.2) is 0 Å². The van der Waals surface area contributed by atoms with Crippen molar-refractivity contribution >= 4 is 0 Å². The molecule has 0 fully saturated rings. The van der Waals surface area contributed by atoms with Gasteiger partial charge in [0.1, 0.15) is 5.82 Å². The zero-order valence-electron chi connectivity index (χ0n) is 8.89. The van der Waals surface area contributed by atoms with Gasteiger partial charge in [-0.05, 0) is 19.5 Å². The van der Waals surface area contributed by atoms with Gasteiger partial charge in [-0.2, -0.15) is 0 Å². The van der Waals surface area contributed by atoms with Gasteiger partial charge in [-0.15, -0.1) is 0 Å². The van der Waals surface area contributed by atoms with E-state index in [9.17, 15) is 4.39 Å². The van der Waals surface area contributed by atoms with E-state index >= 15 is 0 Å². The van der Waals surface area contributed by atoms with Gasteiger partial charge in [-0.1, -0.05) is 38.0 Å². The van der Waals surface area contributed by atoms with Gasteiger partial charge in [0.05, 0.1) is 0 Å². The Morgan fingerprint density at radius 1 is 1.36 bits per heavy atom. The van der Waals surface area contributed by atoms with Gasteiger partial charge in [-0.3, -0.25) is 0 Å². The van der Waals surface area contributed by atoms with Gasteiger partial charge >= 0.3 is 0 Å². The highest BCUT2D eigenvalue weighted by Gasteiger charge is 2.11. The van der Waals surface area contributed by atoms with Crippen molar-refractivity contribution < 1.29 is 4.39 Å². The molecule has 1 rings (SSSR count). The quantitative estimate of drug-likeness (QED) is 0.760. The Hall–Kier alpha value is -0.890. The summed E-state index contributed by atoms with van der Waals surface area (Å²) >= 11 is 0. The van der Waals surface area contributed by atoms with E-state index < -0.39 is 0 Å². The summed E-state index contributed by atoms with van der Waals surface area (Å²) in [4.78, 5) is 0. The molecule has 0 heterocycles. The number of hydrogen-bond donors (Lipinski definition) is 1. The van der Waals surface area contributed by atoms with E-state index in [4.69, 9.17) is 0 Å². The molecule has 1 atom stereocenters. The van der Waals surface area contributed by atoms with Crippen molar-refractivity contribution in [1.29, 1.82) is 0 Å². The zero-order valence-corrected chi connectivity index (χ0v) is 8.89. The predicted octanol–water partition coefficient (Wildman–Crippen LogP) is 3.28. The fourth-order valence-electron chi connectivity index (χ4n) is 1.62. The summed E-state index contributed by atoms with van der Waals surface area (Å²) in [5, 5.41) is 3.15. The summed E-state index contributed by atoms with van der Waals surface area (Å²) in [6.45, 7) is 2.15. The van der Waals surface area contributed by atoms with Crippen LogP contribution in [0.5, 0.6) is 0 Å². The average Bonchev–Trinajstić information content (AvgIpc) is 2.21. The molecule has 1 unspecified atom stereocenters. The van der Waals surface area contributed by atoms with Gasteiger partial charge in [0.25, 0.3) is 0 Å². The smallest absolute Gasteiger partial charge is 0.127 e. The highest BCUT2D eigenvalue weighted by Crippen LogP contribution is 2.21. The van der Waals surface area contributed by atoms with Crippen LogP contribution >= 0.6 is 0 Å². The number of rotatable bonds is 5. The molecule has 0 aliphatic rings. The molecule has 2 heteroatoms. The maximum absolute atomic E-state index is 13.4. The Bertz CT molecular complexity index is 273. The molecule has 78 valence electrons. The SMILES string of the molecule is CCCCC(NC)c1ccccc1F. The van der Waals surface area contributed by atoms with Gasteiger partial charge < -0.3 is 5.32 Å². The van der Waals surface area contributed by atoms with Crippen molar-refractivity contribution in [3.8, 4) is 0 Å². The van der Waals surface area contributed by atoms with Crippen molar-refractivity contribution in [2.45, 2.75) is 32.2 Å². The minimum Gasteiger partial charge on any atom is -0.313 e. The molecule has 0 radical (unpaired) electrons. The first-order chi connectivity index (χ1) is 6.79. The van der Waals surface area contributed by atoms with E-state index in [1.165, 1.54) is 6.07 Å². The lowest BCUT2D eigenvalue weighted by Gasteiger charge is -2.16. The van der Waals surface area contributed by atoms with Crippen molar-refractivity contribution in [3.63, 3.8) is 0 Å². The standard InChI is InChI=1S/C12H18FN/c1-3-4-9-12(14-2)10-7-5-6-8-11(10)13/h5-8,12,14H,3-4,9H2,1-2H3. The molecule has 1 aromatic rings. The van der Waals surface area contributed by atoms with Crippen LogP contribution in [-0.4, -0.2) is 7.05 Å². The topological polar surface area (TPSA) is 12.0 Å². The van der Waals surface area contributed by atoms with Crippen LogP contribution in [-0.2, 0) is 0 Å². The van der Waals surface area contributed by atoms with Crippen molar-refractivity contribution in [1.82, 2.24) is 5.32 Å². The highest BCUT2D eigenvalue weighted by molar-refractivity contribution is 5.20. The Morgan fingerprint density at radius 3 is 2.64 bits per heavy atom. The molecule has 0 aliphatic heterocycles. The van der Waals surface area contributed by atoms with Crippen LogP contribution in [0.15, 0.2) is 24.3 Å². The number of unbranched alkanes of at least 4 members (excludes halogenated alkanes) is 1. The lowest BCUT2D eigenvalue weighted by atomic mass is 10.0. The molecular formula is C12H18FN. The molecule has 1 aromatic carbocycles. The minimum absolute atomic E-state index is 0.108. The van der Waals surface area contributed by atoms with Crippen LogP contribution in [0.3, 0.4) is 0 Å². The van der Waals surface area contributed by atoms with Crippen LogP contribution in [0.2, 0.25) is 0 Å². The summed E-state index contributed by atoms with van der Waals surface area (Å²) in [5.41, 5.74) is 0.781. The number of halogens is 1. The number of hydrogen-bond acceptors (Lipinski definition) is 1. The third kappa shape index (κ3) is 2.81. The third-order valence-electron chi connectivity index (χ3n) is 2.48. The Balaban J connectivity index is 2.73. The molecule has 0 bridgehead atoms. The van der Waals surface area contributed by atoms with Crippen molar-refractivity contribution in [2.75, 3.05) is 7.05 Å². The van der Waals surface area contributed by atoms with Gasteiger partial charge in [0, 0.05) is 11.6 Å². The summed E-state index contributed by atoms with van der Waals surface area (Å²) in [6.07, 6.45) is 3.26. The monoisotopic (exact) mass is 195 g/mol. The Kier molecular flexibility index (Phi) is 4.60. The second-order valence-corrected chi connectivity index (χ2v) is 3.51. The van der Waals surface area contributed by atoms with Crippen molar-refractivity contribution in [2.24, 2.45) is 0 Å². The molecule has 0 amide bonds. The number of nitrogens with one attached hydrogen (secondary N) is 1. The van der Waals surface area contributed by atoms with E-state index in [0.717, 1.165) is 24.8 Å². The maximum atomic E-state index is 13.4. The minimum atomic E-state index is -0.108. The van der Waals surface area contributed by atoms with Crippen molar-refractivity contribution in [3.05, 3.63) is 35.6 Å². The van der Waals surface area contributed by atoms with Crippen LogP contribution in [0.1, 0.15) is 37.8 Å². The molecule has 0 aliphatic carbocycles. The fraction of sp³-hybridized carbons (Fsp3) is 0.500. The first-order valence-electron chi connectivity index (χ1n) is 5.21. The molecular weight excluding hydrogens is 177 g/mol. The third-order valence-corrected chi connectivity index (χ3v) is 2.48. The van der Waals surface area contributed by atoms with E-state index in [1.54, 1.807) is 6.07 Å². The molecule has 0 saturated heterocycles. The van der Waals surface area contributed by atoms with Gasteiger partial charge in [-0.25, -0.2) is 4.39 Å². The first-order valence-corrected chi connectivity index (χ1v) is 5.21. The predicted molar refractivity (Wildman–Crippen MR) is 57.7 cm³/mol. The Labute approximate surface area is 85.3 Å². The molecule has 0 saturated carbocycles.